The molecule has 1 heterocycles. The lowest BCUT2D eigenvalue weighted by molar-refractivity contribution is 0.0742. The van der Waals surface area contributed by atoms with Crippen molar-refractivity contribution in [1.82, 2.24) is 9.88 Å². The van der Waals surface area contributed by atoms with Crippen LogP contribution in [0.15, 0.2) is 66.9 Å². The third-order valence-electron chi connectivity index (χ3n) is 4.15. The molecule has 1 aromatic heterocycles. The number of nitrogens with zero attached hydrogens (tertiary/aromatic N) is 2. The van der Waals surface area contributed by atoms with Crippen LogP contribution in [0.3, 0.4) is 0 Å². The van der Waals surface area contributed by atoms with E-state index < -0.39 is 0 Å². The summed E-state index contributed by atoms with van der Waals surface area (Å²) >= 11 is 0. The molecule has 0 fully saturated rings. The molecule has 24 heavy (non-hydrogen) atoms. The van der Waals surface area contributed by atoms with Crippen molar-refractivity contribution in [2.24, 2.45) is 0 Å². The zero-order chi connectivity index (χ0) is 16.8. The van der Waals surface area contributed by atoms with Gasteiger partial charge in [0.15, 0.2) is 0 Å². The molecule has 0 aliphatic carbocycles. The molecule has 1 amide bonds. The molecule has 3 heteroatoms. The summed E-state index contributed by atoms with van der Waals surface area (Å²) in [6.45, 7) is 3.53. The molecule has 0 saturated carbocycles. The summed E-state index contributed by atoms with van der Waals surface area (Å²) in [5.41, 5.74) is 2.61. The van der Waals surface area contributed by atoms with Gasteiger partial charge in [-0.1, -0.05) is 61.9 Å². The Morgan fingerprint density at radius 3 is 2.58 bits per heavy atom. The molecule has 3 rings (SSSR count). The van der Waals surface area contributed by atoms with E-state index in [4.69, 9.17) is 0 Å². The van der Waals surface area contributed by atoms with Crippen molar-refractivity contribution in [2.45, 2.75) is 26.3 Å². The van der Waals surface area contributed by atoms with Crippen molar-refractivity contribution in [2.75, 3.05) is 6.54 Å². The van der Waals surface area contributed by atoms with Crippen molar-refractivity contribution in [3.63, 3.8) is 0 Å². The summed E-state index contributed by atoms with van der Waals surface area (Å²) in [5, 5.41) is 0.999. The number of para-hydroxylation sites is 1. The van der Waals surface area contributed by atoms with Crippen LogP contribution >= 0.6 is 0 Å². The maximum atomic E-state index is 13.2. The molecule has 3 nitrogen and oxygen atoms in total. The van der Waals surface area contributed by atoms with Gasteiger partial charge < -0.3 is 4.90 Å². The highest BCUT2D eigenvalue weighted by atomic mass is 16.2. The van der Waals surface area contributed by atoms with Crippen molar-refractivity contribution in [3.8, 4) is 0 Å². The lowest BCUT2D eigenvalue weighted by Gasteiger charge is -2.23. The summed E-state index contributed by atoms with van der Waals surface area (Å²) in [7, 11) is 0. The van der Waals surface area contributed by atoms with Crippen LogP contribution in [0, 0.1) is 0 Å². The maximum absolute atomic E-state index is 13.2. The van der Waals surface area contributed by atoms with Gasteiger partial charge in [-0.25, -0.2) is 0 Å². The van der Waals surface area contributed by atoms with E-state index in [9.17, 15) is 4.79 Å². The number of rotatable bonds is 6. The van der Waals surface area contributed by atoms with Gasteiger partial charge >= 0.3 is 0 Å². The van der Waals surface area contributed by atoms with Crippen molar-refractivity contribution >= 4 is 16.8 Å². The number of amides is 1. The Hall–Kier alpha value is -2.68. The Morgan fingerprint density at radius 1 is 1.00 bits per heavy atom. The number of hydrogen-bond donors (Lipinski definition) is 0. The predicted octanol–water partition coefficient (Wildman–Crippen LogP) is 4.68. The monoisotopic (exact) mass is 318 g/mol. The Balaban J connectivity index is 1.92. The number of aromatic nitrogens is 1. The molecule has 0 saturated heterocycles. The van der Waals surface area contributed by atoms with Gasteiger partial charge in [0.2, 0.25) is 0 Å². The molecule has 0 aliphatic heterocycles. The Morgan fingerprint density at radius 2 is 1.79 bits per heavy atom. The van der Waals surface area contributed by atoms with Crippen molar-refractivity contribution in [3.05, 3.63) is 78.0 Å². The van der Waals surface area contributed by atoms with Gasteiger partial charge in [0.05, 0.1) is 11.1 Å². The number of fused-ring (bicyclic) bond motifs is 1. The van der Waals surface area contributed by atoms with E-state index in [0.29, 0.717) is 12.1 Å². The zero-order valence-corrected chi connectivity index (χ0v) is 14.0. The number of hydrogen-bond acceptors (Lipinski definition) is 2. The SMILES string of the molecule is CCCCN(Cc1ccccc1)C(=O)c1cccc2cccnc12. The zero-order valence-electron chi connectivity index (χ0n) is 14.0. The molecule has 0 spiro atoms. The van der Waals surface area contributed by atoms with E-state index >= 15 is 0 Å². The lowest BCUT2D eigenvalue weighted by atomic mass is 10.1. The average molecular weight is 318 g/mol. The minimum Gasteiger partial charge on any atom is -0.334 e. The second-order valence-corrected chi connectivity index (χ2v) is 5.95. The van der Waals surface area contributed by atoms with Gasteiger partial charge in [-0.05, 0) is 24.1 Å². The van der Waals surface area contributed by atoms with E-state index in [1.807, 2.05) is 53.4 Å². The van der Waals surface area contributed by atoms with Crippen LogP contribution in [0.1, 0.15) is 35.7 Å². The number of carbonyl (C=O) groups excluding carboxylic acids is 1. The first-order valence-electron chi connectivity index (χ1n) is 8.46. The van der Waals surface area contributed by atoms with Gasteiger partial charge in [0, 0.05) is 24.7 Å². The highest BCUT2D eigenvalue weighted by Crippen LogP contribution is 2.19. The van der Waals surface area contributed by atoms with Crippen molar-refractivity contribution in [1.29, 1.82) is 0 Å². The molecule has 3 aromatic rings. The number of benzene rings is 2. The fourth-order valence-corrected chi connectivity index (χ4v) is 2.85. The van der Waals surface area contributed by atoms with Gasteiger partial charge in [-0.2, -0.15) is 0 Å². The van der Waals surface area contributed by atoms with Crippen LogP contribution in [0.2, 0.25) is 0 Å². The Bertz CT molecular complexity index is 809. The third kappa shape index (κ3) is 3.62. The first kappa shape index (κ1) is 16.2. The molecule has 122 valence electrons. The fraction of sp³-hybridized carbons (Fsp3) is 0.238. The maximum Gasteiger partial charge on any atom is 0.256 e. The largest absolute Gasteiger partial charge is 0.334 e. The lowest BCUT2D eigenvalue weighted by Crippen LogP contribution is -2.31. The van der Waals surface area contributed by atoms with Crippen LogP contribution in [0.5, 0.6) is 0 Å². The minimum absolute atomic E-state index is 0.0524. The minimum atomic E-state index is 0.0524. The third-order valence-corrected chi connectivity index (χ3v) is 4.15. The normalized spacial score (nSPS) is 10.7. The second-order valence-electron chi connectivity index (χ2n) is 5.95. The quantitative estimate of drug-likeness (QED) is 0.661. The van der Waals surface area contributed by atoms with Gasteiger partial charge in [-0.3, -0.25) is 9.78 Å². The summed E-state index contributed by atoms with van der Waals surface area (Å²) in [6, 6.07) is 19.8. The first-order valence-corrected chi connectivity index (χ1v) is 8.46. The van der Waals surface area contributed by atoms with Crippen LogP contribution in [0.25, 0.3) is 10.9 Å². The molecule has 0 radical (unpaired) electrons. The number of unbranched alkanes of at least 4 members (excludes halogenated alkanes) is 1. The van der Waals surface area contributed by atoms with Gasteiger partial charge in [0.1, 0.15) is 0 Å². The Labute approximate surface area is 143 Å². The van der Waals surface area contributed by atoms with Crippen LogP contribution in [-0.4, -0.2) is 22.3 Å². The fourth-order valence-electron chi connectivity index (χ4n) is 2.85. The smallest absolute Gasteiger partial charge is 0.256 e. The van der Waals surface area contributed by atoms with Gasteiger partial charge in [0.25, 0.3) is 5.91 Å². The van der Waals surface area contributed by atoms with Crippen LogP contribution in [0.4, 0.5) is 0 Å². The second kappa shape index (κ2) is 7.73. The number of pyridine rings is 1. The topological polar surface area (TPSA) is 33.2 Å². The van der Waals surface area contributed by atoms with E-state index in [0.717, 1.165) is 35.9 Å². The summed E-state index contributed by atoms with van der Waals surface area (Å²) in [6.07, 6.45) is 3.80. The van der Waals surface area contributed by atoms with Gasteiger partial charge in [-0.15, -0.1) is 0 Å². The summed E-state index contributed by atoms with van der Waals surface area (Å²) in [5.74, 6) is 0.0524. The molecular formula is C21H22N2O. The van der Waals surface area contributed by atoms with E-state index in [1.54, 1.807) is 6.20 Å². The standard InChI is InChI=1S/C21H22N2O/c1-2-3-15-23(16-17-9-5-4-6-10-17)21(24)19-13-7-11-18-12-8-14-22-20(18)19/h4-14H,2-3,15-16H2,1H3. The van der Waals surface area contributed by atoms with E-state index in [1.165, 1.54) is 0 Å². The molecule has 2 aromatic carbocycles. The Kier molecular flexibility index (Phi) is 5.22. The highest BCUT2D eigenvalue weighted by Gasteiger charge is 2.18. The average Bonchev–Trinajstić information content (AvgIpc) is 2.65. The number of carbonyl (C=O) groups is 1. The van der Waals surface area contributed by atoms with Crippen molar-refractivity contribution < 1.29 is 4.79 Å². The molecule has 0 unspecified atom stereocenters. The molecule has 0 bridgehead atoms. The van der Waals surface area contributed by atoms with Crippen LogP contribution in [-0.2, 0) is 6.54 Å². The summed E-state index contributed by atoms with van der Waals surface area (Å²) in [4.78, 5) is 19.5. The highest BCUT2D eigenvalue weighted by molar-refractivity contribution is 6.05. The molecule has 0 atom stereocenters. The predicted molar refractivity (Wildman–Crippen MR) is 97.8 cm³/mol. The van der Waals surface area contributed by atoms with E-state index in [-0.39, 0.29) is 5.91 Å². The first-order chi connectivity index (χ1) is 11.8. The molecule has 0 N–H and O–H groups in total. The van der Waals surface area contributed by atoms with Crippen LogP contribution < -0.4 is 0 Å². The van der Waals surface area contributed by atoms with E-state index in [2.05, 4.69) is 24.0 Å². The molecular weight excluding hydrogens is 296 g/mol. The molecule has 0 aliphatic rings. The summed E-state index contributed by atoms with van der Waals surface area (Å²) < 4.78 is 0.